The van der Waals surface area contributed by atoms with Gasteiger partial charge < -0.3 is 4.74 Å². The molecule has 114 valence electrons. The number of ether oxygens (including phenoxy) is 1. The SMILES string of the molecule is COc1ccccc1-c1csc(C(C#N)c2ccnc(Cl)n2)n1. The van der Waals surface area contributed by atoms with Crippen LogP contribution in [-0.4, -0.2) is 22.1 Å². The molecule has 2 aromatic heterocycles. The van der Waals surface area contributed by atoms with E-state index in [-0.39, 0.29) is 5.28 Å². The van der Waals surface area contributed by atoms with Crippen LogP contribution in [0.5, 0.6) is 5.75 Å². The van der Waals surface area contributed by atoms with E-state index in [0.717, 1.165) is 17.0 Å². The lowest BCUT2D eigenvalue weighted by Crippen LogP contribution is -2.01. The molecule has 0 saturated heterocycles. The van der Waals surface area contributed by atoms with Crippen molar-refractivity contribution in [1.29, 1.82) is 5.26 Å². The normalized spacial score (nSPS) is 11.7. The van der Waals surface area contributed by atoms with Gasteiger partial charge in [0, 0.05) is 17.1 Å². The molecule has 0 bridgehead atoms. The number of para-hydroxylation sites is 1. The molecule has 0 radical (unpaired) electrons. The molecule has 2 heterocycles. The molecule has 3 rings (SSSR count). The molecule has 1 unspecified atom stereocenters. The van der Waals surface area contributed by atoms with Crippen molar-refractivity contribution in [2.45, 2.75) is 5.92 Å². The van der Waals surface area contributed by atoms with E-state index in [2.05, 4.69) is 21.0 Å². The lowest BCUT2D eigenvalue weighted by atomic mass is 10.1. The smallest absolute Gasteiger partial charge is 0.222 e. The molecule has 0 saturated carbocycles. The predicted octanol–water partition coefficient (Wildman–Crippen LogP) is 3.92. The number of aromatic nitrogens is 3. The average molecular weight is 343 g/mol. The van der Waals surface area contributed by atoms with E-state index in [1.165, 1.54) is 17.5 Å². The molecule has 0 spiro atoms. The number of benzene rings is 1. The fourth-order valence-electron chi connectivity index (χ4n) is 2.16. The highest BCUT2D eigenvalue weighted by molar-refractivity contribution is 7.10. The van der Waals surface area contributed by atoms with E-state index in [1.54, 1.807) is 13.2 Å². The highest BCUT2D eigenvalue weighted by Gasteiger charge is 2.20. The Kier molecular flexibility index (Phi) is 4.51. The van der Waals surface area contributed by atoms with Crippen molar-refractivity contribution in [3.05, 3.63) is 57.9 Å². The van der Waals surface area contributed by atoms with Gasteiger partial charge in [0.15, 0.2) is 0 Å². The summed E-state index contributed by atoms with van der Waals surface area (Å²) in [7, 11) is 1.62. The zero-order chi connectivity index (χ0) is 16.2. The van der Waals surface area contributed by atoms with Crippen molar-refractivity contribution in [1.82, 2.24) is 15.0 Å². The van der Waals surface area contributed by atoms with Gasteiger partial charge in [0.2, 0.25) is 5.28 Å². The second kappa shape index (κ2) is 6.73. The molecule has 23 heavy (non-hydrogen) atoms. The molecule has 5 nitrogen and oxygen atoms in total. The standard InChI is InChI=1S/C16H11ClN4OS/c1-22-14-5-3-2-4-10(14)13-9-23-15(20-13)11(8-18)12-6-7-19-16(17)21-12/h2-7,9,11H,1H3. The van der Waals surface area contributed by atoms with Gasteiger partial charge in [-0.25, -0.2) is 15.0 Å². The lowest BCUT2D eigenvalue weighted by molar-refractivity contribution is 0.416. The Hall–Kier alpha value is -2.49. The summed E-state index contributed by atoms with van der Waals surface area (Å²) in [6.45, 7) is 0. The first-order valence-corrected chi connectivity index (χ1v) is 7.95. The summed E-state index contributed by atoms with van der Waals surface area (Å²) < 4.78 is 5.36. The fourth-order valence-corrected chi connectivity index (χ4v) is 3.18. The van der Waals surface area contributed by atoms with Gasteiger partial charge in [0.1, 0.15) is 16.7 Å². The van der Waals surface area contributed by atoms with Crippen molar-refractivity contribution in [2.75, 3.05) is 7.11 Å². The van der Waals surface area contributed by atoms with Crippen molar-refractivity contribution in [3.8, 4) is 23.1 Å². The Morgan fingerprint density at radius 1 is 1.26 bits per heavy atom. The molecule has 1 atom stereocenters. The van der Waals surface area contributed by atoms with E-state index in [0.29, 0.717) is 10.7 Å². The molecular formula is C16H11ClN4OS. The zero-order valence-corrected chi connectivity index (χ0v) is 13.7. The quantitative estimate of drug-likeness (QED) is 0.672. The van der Waals surface area contributed by atoms with Gasteiger partial charge in [0.05, 0.1) is 24.6 Å². The number of methoxy groups -OCH3 is 1. The molecule has 0 N–H and O–H groups in total. The summed E-state index contributed by atoms with van der Waals surface area (Å²) in [5, 5.41) is 12.2. The van der Waals surface area contributed by atoms with Crippen LogP contribution in [-0.2, 0) is 0 Å². The first-order valence-electron chi connectivity index (χ1n) is 6.70. The molecule has 3 aromatic rings. The van der Waals surface area contributed by atoms with Crippen molar-refractivity contribution in [2.24, 2.45) is 0 Å². The van der Waals surface area contributed by atoms with Gasteiger partial charge in [-0.1, -0.05) is 12.1 Å². The molecule has 0 aliphatic carbocycles. The number of thiazole rings is 1. The summed E-state index contributed by atoms with van der Waals surface area (Å²) in [6, 6.07) is 11.5. The monoisotopic (exact) mass is 342 g/mol. The van der Waals surface area contributed by atoms with E-state index in [1.807, 2.05) is 29.6 Å². The van der Waals surface area contributed by atoms with Crippen molar-refractivity contribution >= 4 is 22.9 Å². The average Bonchev–Trinajstić information content (AvgIpc) is 3.05. The van der Waals surface area contributed by atoms with Crippen LogP contribution in [0.15, 0.2) is 41.9 Å². The third kappa shape index (κ3) is 3.16. The summed E-state index contributed by atoms with van der Waals surface area (Å²) >= 11 is 7.21. The van der Waals surface area contributed by atoms with Gasteiger partial charge in [0.25, 0.3) is 0 Å². The summed E-state index contributed by atoms with van der Waals surface area (Å²) in [5.41, 5.74) is 2.19. The first-order chi connectivity index (χ1) is 11.2. The van der Waals surface area contributed by atoms with Crippen LogP contribution in [0.3, 0.4) is 0 Å². The largest absolute Gasteiger partial charge is 0.496 e. The minimum Gasteiger partial charge on any atom is -0.496 e. The van der Waals surface area contributed by atoms with Crippen molar-refractivity contribution < 1.29 is 4.74 Å². The fraction of sp³-hybridized carbons (Fsp3) is 0.125. The van der Waals surface area contributed by atoms with E-state index in [4.69, 9.17) is 16.3 Å². The maximum absolute atomic E-state index is 9.49. The molecule has 0 aliphatic heterocycles. The molecule has 0 fully saturated rings. The van der Waals surface area contributed by atoms with Crippen LogP contribution < -0.4 is 4.74 Å². The molecule has 0 amide bonds. The third-order valence-corrected chi connectivity index (χ3v) is 4.32. The minimum absolute atomic E-state index is 0.115. The Labute approximate surface area is 142 Å². The zero-order valence-electron chi connectivity index (χ0n) is 12.1. The van der Waals surface area contributed by atoms with Crippen LogP contribution in [0.2, 0.25) is 5.28 Å². The van der Waals surface area contributed by atoms with Crippen LogP contribution in [0.25, 0.3) is 11.3 Å². The number of nitriles is 1. The van der Waals surface area contributed by atoms with E-state index in [9.17, 15) is 5.26 Å². The summed E-state index contributed by atoms with van der Waals surface area (Å²) in [6.07, 6.45) is 1.53. The topological polar surface area (TPSA) is 71.7 Å². The number of hydrogen-bond donors (Lipinski definition) is 0. The molecule has 0 aliphatic rings. The molecule has 1 aromatic carbocycles. The van der Waals surface area contributed by atoms with E-state index < -0.39 is 5.92 Å². The van der Waals surface area contributed by atoms with Gasteiger partial charge in [-0.15, -0.1) is 11.3 Å². The lowest BCUT2D eigenvalue weighted by Gasteiger charge is -2.06. The number of halogens is 1. The van der Waals surface area contributed by atoms with Crippen LogP contribution in [0, 0.1) is 11.3 Å². The maximum atomic E-state index is 9.49. The second-order valence-electron chi connectivity index (χ2n) is 4.58. The first kappa shape index (κ1) is 15.4. The van der Waals surface area contributed by atoms with Crippen LogP contribution >= 0.6 is 22.9 Å². The number of rotatable bonds is 4. The highest BCUT2D eigenvalue weighted by atomic mass is 35.5. The Morgan fingerprint density at radius 3 is 2.83 bits per heavy atom. The number of nitrogens with zero attached hydrogens (tertiary/aromatic N) is 4. The van der Waals surface area contributed by atoms with E-state index >= 15 is 0 Å². The van der Waals surface area contributed by atoms with Crippen LogP contribution in [0.1, 0.15) is 16.6 Å². The summed E-state index contributed by atoms with van der Waals surface area (Å²) in [4.78, 5) is 12.5. The Morgan fingerprint density at radius 2 is 2.09 bits per heavy atom. The van der Waals surface area contributed by atoms with Gasteiger partial charge >= 0.3 is 0 Å². The predicted molar refractivity (Wildman–Crippen MR) is 88.6 cm³/mol. The summed E-state index contributed by atoms with van der Waals surface area (Å²) in [5.74, 6) is 0.159. The van der Waals surface area contributed by atoms with Crippen LogP contribution in [0.4, 0.5) is 0 Å². The maximum Gasteiger partial charge on any atom is 0.222 e. The van der Waals surface area contributed by atoms with Gasteiger partial charge in [-0.2, -0.15) is 5.26 Å². The Bertz CT molecular complexity index is 874. The number of hydrogen-bond acceptors (Lipinski definition) is 6. The van der Waals surface area contributed by atoms with Crippen molar-refractivity contribution in [3.63, 3.8) is 0 Å². The molecule has 7 heteroatoms. The van der Waals surface area contributed by atoms with Gasteiger partial charge in [-0.3, -0.25) is 0 Å². The molecular weight excluding hydrogens is 332 g/mol. The highest BCUT2D eigenvalue weighted by Crippen LogP contribution is 2.33. The minimum atomic E-state index is -0.580. The third-order valence-electron chi connectivity index (χ3n) is 3.22. The Balaban J connectivity index is 1.99. The van der Waals surface area contributed by atoms with Gasteiger partial charge in [-0.05, 0) is 29.8 Å². The second-order valence-corrected chi connectivity index (χ2v) is 5.81.